The molecule has 2 N–H and O–H groups in total. The number of nitrogens with one attached hydrogen (secondary N) is 2. The molecule has 0 saturated carbocycles. The largest absolute Gasteiger partial charge is 0.355 e. The summed E-state index contributed by atoms with van der Waals surface area (Å²) < 4.78 is 14.6. The molecule has 2 amide bonds. The minimum absolute atomic E-state index is 0.0752. The summed E-state index contributed by atoms with van der Waals surface area (Å²) in [6.07, 6.45) is 0.802. The number of thiophene rings is 1. The fraction of sp³-hybridized carbons (Fsp3) is 0.200. The summed E-state index contributed by atoms with van der Waals surface area (Å²) in [5, 5.41) is 8.88. The van der Waals surface area contributed by atoms with Crippen LogP contribution < -0.4 is 10.6 Å². The van der Waals surface area contributed by atoms with Crippen molar-refractivity contribution in [3.05, 3.63) is 64.8 Å². The van der Waals surface area contributed by atoms with E-state index in [1.807, 2.05) is 12.1 Å². The molecule has 0 aliphatic carbocycles. The third kappa shape index (κ3) is 3.20. The number of benzene rings is 2. The summed E-state index contributed by atoms with van der Waals surface area (Å²) in [4.78, 5) is 24.4. The van der Waals surface area contributed by atoms with Crippen molar-refractivity contribution < 1.29 is 14.0 Å². The van der Waals surface area contributed by atoms with E-state index >= 15 is 0 Å². The van der Waals surface area contributed by atoms with Crippen LogP contribution in [0.5, 0.6) is 0 Å². The maximum absolute atomic E-state index is 13.4. The van der Waals surface area contributed by atoms with Gasteiger partial charge < -0.3 is 10.6 Å². The maximum atomic E-state index is 13.4. The van der Waals surface area contributed by atoms with Crippen LogP contribution in [0.3, 0.4) is 0 Å². The van der Waals surface area contributed by atoms with Crippen LogP contribution in [0.25, 0.3) is 10.1 Å². The second kappa shape index (κ2) is 6.88. The first kappa shape index (κ1) is 16.7. The zero-order valence-corrected chi connectivity index (χ0v) is 14.7. The number of hydrogen-bond donors (Lipinski definition) is 2. The Kier molecular flexibility index (Phi) is 4.42. The lowest BCUT2D eigenvalue weighted by atomic mass is 9.89. The van der Waals surface area contributed by atoms with E-state index in [0.717, 1.165) is 6.42 Å². The van der Waals surface area contributed by atoms with Crippen LogP contribution in [-0.2, 0) is 16.0 Å². The van der Waals surface area contributed by atoms with Gasteiger partial charge in [0.15, 0.2) is 0 Å². The number of amides is 2. The van der Waals surface area contributed by atoms with Crippen molar-refractivity contribution >= 4 is 38.9 Å². The Hall–Kier alpha value is -2.73. The van der Waals surface area contributed by atoms with Gasteiger partial charge >= 0.3 is 0 Å². The molecule has 1 aromatic heterocycles. The monoisotopic (exact) mass is 368 g/mol. The number of rotatable bonds is 4. The van der Waals surface area contributed by atoms with E-state index in [2.05, 4.69) is 28.1 Å². The Labute approximate surface area is 154 Å². The van der Waals surface area contributed by atoms with Gasteiger partial charge in [0.2, 0.25) is 11.8 Å². The highest BCUT2D eigenvalue weighted by atomic mass is 32.1. The molecule has 132 valence electrons. The summed E-state index contributed by atoms with van der Waals surface area (Å²) in [7, 11) is 0. The molecule has 0 spiro atoms. The first-order valence-electron chi connectivity index (χ1n) is 8.44. The Morgan fingerprint density at radius 3 is 3.00 bits per heavy atom. The summed E-state index contributed by atoms with van der Waals surface area (Å²) in [6.45, 7) is 0.494. The molecule has 0 unspecified atom stereocenters. The van der Waals surface area contributed by atoms with E-state index in [4.69, 9.17) is 0 Å². The predicted octanol–water partition coefficient (Wildman–Crippen LogP) is 3.83. The molecule has 4 nitrogen and oxygen atoms in total. The van der Waals surface area contributed by atoms with E-state index in [-0.39, 0.29) is 18.2 Å². The third-order valence-corrected chi connectivity index (χ3v) is 5.64. The first-order chi connectivity index (χ1) is 12.6. The highest BCUT2D eigenvalue weighted by molar-refractivity contribution is 7.17. The summed E-state index contributed by atoms with van der Waals surface area (Å²) in [5.74, 6) is -1.49. The van der Waals surface area contributed by atoms with Gasteiger partial charge in [0.1, 0.15) is 5.82 Å². The summed E-state index contributed by atoms with van der Waals surface area (Å²) in [6, 6.07) is 12.3. The quantitative estimate of drug-likeness (QED) is 0.735. The van der Waals surface area contributed by atoms with Crippen LogP contribution >= 0.6 is 11.3 Å². The minimum Gasteiger partial charge on any atom is -0.355 e. The topological polar surface area (TPSA) is 58.2 Å². The van der Waals surface area contributed by atoms with E-state index in [0.29, 0.717) is 17.8 Å². The molecule has 4 rings (SSSR count). The lowest BCUT2D eigenvalue weighted by molar-refractivity contribution is -0.126. The Balaban J connectivity index is 1.45. The van der Waals surface area contributed by atoms with Crippen LogP contribution in [-0.4, -0.2) is 18.4 Å². The van der Waals surface area contributed by atoms with E-state index in [1.54, 1.807) is 17.4 Å². The Morgan fingerprint density at radius 2 is 2.12 bits per heavy atom. The van der Waals surface area contributed by atoms with Gasteiger partial charge in [-0.3, -0.25) is 9.59 Å². The average Bonchev–Trinajstić information content (AvgIpc) is 3.04. The minimum atomic E-state index is -0.585. The number of hydrogen-bond acceptors (Lipinski definition) is 3. The van der Waals surface area contributed by atoms with Crippen molar-refractivity contribution in [1.82, 2.24) is 5.32 Å². The number of carbonyl (C=O) groups is 2. The van der Waals surface area contributed by atoms with Gasteiger partial charge in [-0.2, -0.15) is 0 Å². The third-order valence-electron chi connectivity index (χ3n) is 4.63. The number of anilines is 1. The van der Waals surface area contributed by atoms with Crippen LogP contribution in [0.15, 0.2) is 47.8 Å². The maximum Gasteiger partial charge on any atom is 0.228 e. The molecule has 1 atom stereocenters. The molecular weight excluding hydrogens is 351 g/mol. The normalized spacial score (nSPS) is 16.2. The van der Waals surface area contributed by atoms with Gasteiger partial charge in [-0.1, -0.05) is 24.3 Å². The molecular formula is C20H17FN2O2S. The van der Waals surface area contributed by atoms with Gasteiger partial charge in [-0.25, -0.2) is 4.39 Å². The summed E-state index contributed by atoms with van der Waals surface area (Å²) >= 11 is 1.69. The van der Waals surface area contributed by atoms with Gasteiger partial charge in [-0.15, -0.1) is 11.3 Å². The number of carbonyl (C=O) groups excluding carboxylic acids is 2. The molecule has 26 heavy (non-hydrogen) atoms. The molecule has 1 aliphatic rings. The first-order valence-corrected chi connectivity index (χ1v) is 9.32. The molecule has 0 bridgehead atoms. The highest BCUT2D eigenvalue weighted by Crippen LogP contribution is 2.33. The van der Waals surface area contributed by atoms with E-state index in [1.165, 1.54) is 27.8 Å². The molecule has 6 heteroatoms. The average molecular weight is 368 g/mol. The van der Waals surface area contributed by atoms with E-state index < -0.39 is 11.7 Å². The van der Waals surface area contributed by atoms with Crippen LogP contribution in [0, 0.1) is 5.82 Å². The number of fused-ring (bicyclic) bond motifs is 2. The molecule has 2 aromatic carbocycles. The van der Waals surface area contributed by atoms with Crippen LogP contribution in [0.1, 0.15) is 23.5 Å². The van der Waals surface area contributed by atoms with Crippen molar-refractivity contribution in [2.45, 2.75) is 18.8 Å². The van der Waals surface area contributed by atoms with Crippen molar-refractivity contribution in [2.24, 2.45) is 0 Å². The molecule has 0 fully saturated rings. The van der Waals surface area contributed by atoms with Crippen molar-refractivity contribution in [3.63, 3.8) is 0 Å². The highest BCUT2D eigenvalue weighted by Gasteiger charge is 2.30. The number of halogens is 1. The zero-order chi connectivity index (χ0) is 18.1. The second-order valence-electron chi connectivity index (χ2n) is 6.33. The van der Waals surface area contributed by atoms with Crippen molar-refractivity contribution in [1.29, 1.82) is 0 Å². The Morgan fingerprint density at radius 1 is 1.27 bits per heavy atom. The fourth-order valence-electron chi connectivity index (χ4n) is 3.34. The Bertz CT molecular complexity index is 998. The molecule has 0 saturated heterocycles. The lowest BCUT2D eigenvalue weighted by Crippen LogP contribution is -2.36. The SMILES string of the molecule is O=C1C[C@@H](C(=O)NCCc2csc3ccccc23)c2ccc(F)cc2N1. The van der Waals surface area contributed by atoms with Gasteiger partial charge in [0.25, 0.3) is 0 Å². The molecule has 1 aliphatic heterocycles. The zero-order valence-electron chi connectivity index (χ0n) is 13.9. The standard InChI is InChI=1S/C20H17FN2O2S/c21-13-5-6-15-16(10-19(24)23-17(15)9-13)20(25)22-8-7-12-11-26-18-4-2-1-3-14(12)18/h1-6,9,11,16H,7-8,10H2,(H,22,25)(H,23,24)/t16-/m1/s1. The van der Waals surface area contributed by atoms with Gasteiger partial charge in [0.05, 0.1) is 5.92 Å². The predicted molar refractivity (Wildman–Crippen MR) is 101 cm³/mol. The molecule has 2 heterocycles. The lowest BCUT2D eigenvalue weighted by Gasteiger charge is -2.24. The van der Waals surface area contributed by atoms with Gasteiger partial charge in [0, 0.05) is 23.4 Å². The van der Waals surface area contributed by atoms with Gasteiger partial charge in [-0.05, 0) is 46.5 Å². The van der Waals surface area contributed by atoms with Crippen LogP contribution in [0.2, 0.25) is 0 Å². The van der Waals surface area contributed by atoms with Crippen molar-refractivity contribution in [2.75, 3.05) is 11.9 Å². The van der Waals surface area contributed by atoms with E-state index in [9.17, 15) is 14.0 Å². The molecule has 3 aromatic rings. The second-order valence-corrected chi connectivity index (χ2v) is 7.25. The smallest absolute Gasteiger partial charge is 0.228 e. The molecule has 0 radical (unpaired) electrons. The van der Waals surface area contributed by atoms with Crippen molar-refractivity contribution in [3.8, 4) is 0 Å². The summed E-state index contributed by atoms with van der Waals surface area (Å²) in [5.41, 5.74) is 2.24. The van der Waals surface area contributed by atoms with Crippen LogP contribution in [0.4, 0.5) is 10.1 Å². The fourth-order valence-corrected chi connectivity index (χ4v) is 4.34.